The average molecular weight is 273 g/mol. The van der Waals surface area contributed by atoms with Gasteiger partial charge in [-0.3, -0.25) is 0 Å². The van der Waals surface area contributed by atoms with Crippen LogP contribution >= 0.6 is 11.8 Å². The topological polar surface area (TPSA) is 26.0 Å². The van der Waals surface area contributed by atoms with Crippen LogP contribution in [0.4, 0.5) is 0 Å². The largest absolute Gasteiger partial charge is 0.323 e. The van der Waals surface area contributed by atoms with E-state index >= 15 is 0 Å². The Morgan fingerprint density at radius 1 is 1.05 bits per heavy atom. The third-order valence-electron chi connectivity index (χ3n) is 3.41. The molecule has 0 aromatic heterocycles. The van der Waals surface area contributed by atoms with E-state index in [-0.39, 0.29) is 6.04 Å². The van der Waals surface area contributed by atoms with Crippen LogP contribution in [-0.2, 0) is 0 Å². The zero-order valence-electron chi connectivity index (χ0n) is 11.6. The van der Waals surface area contributed by atoms with Gasteiger partial charge in [-0.2, -0.15) is 11.8 Å². The van der Waals surface area contributed by atoms with Crippen LogP contribution in [0.3, 0.4) is 0 Å². The molecule has 2 aromatic carbocycles. The highest BCUT2D eigenvalue weighted by Crippen LogP contribution is 2.25. The van der Waals surface area contributed by atoms with Crippen LogP contribution in [0.5, 0.6) is 0 Å². The molecule has 0 bridgehead atoms. The Bertz CT molecular complexity index is 504. The molecule has 0 fully saturated rings. The minimum absolute atomic E-state index is 0.137. The van der Waals surface area contributed by atoms with Crippen LogP contribution in [0.15, 0.2) is 42.5 Å². The summed E-state index contributed by atoms with van der Waals surface area (Å²) in [5.41, 5.74) is 7.63. The van der Waals surface area contributed by atoms with Gasteiger partial charge in [-0.05, 0) is 28.5 Å². The minimum Gasteiger partial charge on any atom is -0.323 e. The first-order valence-electron chi connectivity index (χ1n) is 7.14. The van der Waals surface area contributed by atoms with Crippen molar-refractivity contribution in [2.75, 3.05) is 11.5 Å². The molecule has 102 valence electrons. The highest BCUT2D eigenvalue weighted by atomic mass is 32.2. The fourth-order valence-corrected chi connectivity index (χ4v) is 3.34. The van der Waals surface area contributed by atoms with Gasteiger partial charge in [0, 0.05) is 11.8 Å². The van der Waals surface area contributed by atoms with Crippen LogP contribution in [0.2, 0.25) is 0 Å². The Morgan fingerprint density at radius 2 is 1.84 bits per heavy atom. The van der Waals surface area contributed by atoms with Gasteiger partial charge in [-0.15, -0.1) is 0 Å². The van der Waals surface area contributed by atoms with Crippen molar-refractivity contribution in [1.29, 1.82) is 0 Å². The van der Waals surface area contributed by atoms with Crippen molar-refractivity contribution in [3.63, 3.8) is 0 Å². The van der Waals surface area contributed by atoms with Gasteiger partial charge < -0.3 is 5.73 Å². The highest BCUT2D eigenvalue weighted by Gasteiger charge is 2.09. The van der Waals surface area contributed by atoms with Crippen molar-refractivity contribution < 1.29 is 0 Å². The molecular formula is C17H23NS. The predicted octanol–water partition coefficient (Wildman–Crippen LogP) is 4.76. The lowest BCUT2D eigenvalue weighted by Gasteiger charge is -2.14. The van der Waals surface area contributed by atoms with Gasteiger partial charge in [0.25, 0.3) is 0 Å². The minimum atomic E-state index is 0.137. The Morgan fingerprint density at radius 3 is 2.68 bits per heavy atom. The van der Waals surface area contributed by atoms with Gasteiger partial charge in [-0.25, -0.2) is 0 Å². The zero-order chi connectivity index (χ0) is 13.5. The zero-order valence-corrected chi connectivity index (χ0v) is 12.5. The van der Waals surface area contributed by atoms with Crippen LogP contribution in [0.25, 0.3) is 10.8 Å². The van der Waals surface area contributed by atoms with E-state index < -0.39 is 0 Å². The van der Waals surface area contributed by atoms with E-state index in [1.54, 1.807) is 0 Å². The Hall–Kier alpha value is -0.990. The van der Waals surface area contributed by atoms with Crippen molar-refractivity contribution in [2.24, 2.45) is 5.73 Å². The Kier molecular flexibility index (Phi) is 5.74. The maximum Gasteiger partial charge on any atom is 0.0392 e. The number of hydrogen-bond acceptors (Lipinski definition) is 2. The number of unbranched alkanes of at least 4 members (excludes halogenated alkanes) is 2. The number of benzene rings is 2. The molecule has 1 atom stereocenters. The second kappa shape index (κ2) is 7.56. The van der Waals surface area contributed by atoms with E-state index in [0.29, 0.717) is 0 Å². The van der Waals surface area contributed by atoms with E-state index in [2.05, 4.69) is 49.4 Å². The lowest BCUT2D eigenvalue weighted by molar-refractivity contribution is 0.775. The van der Waals surface area contributed by atoms with Crippen LogP contribution in [0, 0.1) is 0 Å². The van der Waals surface area contributed by atoms with Crippen molar-refractivity contribution in [3.8, 4) is 0 Å². The van der Waals surface area contributed by atoms with Gasteiger partial charge in [0.05, 0.1) is 0 Å². The SMILES string of the molecule is CCCCCSCC(N)c1cccc2ccccc12. The number of fused-ring (bicyclic) bond motifs is 1. The second-order valence-electron chi connectivity index (χ2n) is 4.96. The number of rotatable bonds is 7. The van der Waals surface area contributed by atoms with Crippen LogP contribution in [0.1, 0.15) is 37.8 Å². The smallest absolute Gasteiger partial charge is 0.0392 e. The third kappa shape index (κ3) is 3.99. The quantitative estimate of drug-likeness (QED) is 0.736. The summed E-state index contributed by atoms with van der Waals surface area (Å²) in [6, 6.07) is 15.1. The van der Waals surface area contributed by atoms with Crippen molar-refractivity contribution in [1.82, 2.24) is 0 Å². The first-order chi connectivity index (χ1) is 9.33. The molecule has 1 unspecified atom stereocenters. The normalized spacial score (nSPS) is 12.7. The van der Waals surface area contributed by atoms with Gasteiger partial charge in [0.15, 0.2) is 0 Å². The molecule has 0 radical (unpaired) electrons. The number of nitrogens with two attached hydrogens (primary N) is 1. The molecule has 0 amide bonds. The molecule has 0 aliphatic heterocycles. The summed E-state index contributed by atoms with van der Waals surface area (Å²) in [5.74, 6) is 2.24. The summed E-state index contributed by atoms with van der Waals surface area (Å²) in [6.45, 7) is 2.24. The molecule has 0 aliphatic rings. The molecule has 2 aromatic rings. The number of thioether (sulfide) groups is 1. The lowest BCUT2D eigenvalue weighted by Crippen LogP contribution is -2.13. The van der Waals surface area contributed by atoms with Crippen molar-refractivity contribution in [2.45, 2.75) is 32.2 Å². The fraction of sp³-hybridized carbons (Fsp3) is 0.412. The van der Waals surface area contributed by atoms with E-state index in [4.69, 9.17) is 5.73 Å². The average Bonchev–Trinajstić information content (AvgIpc) is 2.46. The van der Waals surface area contributed by atoms with Gasteiger partial charge >= 0.3 is 0 Å². The van der Waals surface area contributed by atoms with E-state index in [1.807, 2.05) is 11.8 Å². The first kappa shape index (κ1) is 14.4. The fourth-order valence-electron chi connectivity index (χ4n) is 2.33. The molecule has 1 nitrogen and oxygen atoms in total. The molecule has 0 heterocycles. The van der Waals surface area contributed by atoms with Crippen molar-refractivity contribution in [3.05, 3.63) is 48.0 Å². The monoisotopic (exact) mass is 273 g/mol. The van der Waals surface area contributed by atoms with E-state index in [9.17, 15) is 0 Å². The molecule has 0 saturated heterocycles. The Balaban J connectivity index is 1.99. The van der Waals surface area contributed by atoms with E-state index in [1.165, 1.54) is 41.4 Å². The lowest BCUT2D eigenvalue weighted by atomic mass is 10.0. The molecule has 0 saturated carbocycles. The third-order valence-corrected chi connectivity index (χ3v) is 4.58. The van der Waals surface area contributed by atoms with Crippen molar-refractivity contribution >= 4 is 22.5 Å². The standard InChI is InChI=1S/C17H23NS/c1-2-3-6-12-19-13-17(18)16-11-7-9-14-8-4-5-10-15(14)16/h4-5,7-11,17H,2-3,6,12-13,18H2,1H3. The molecule has 2 rings (SSSR count). The summed E-state index contributed by atoms with van der Waals surface area (Å²) in [5, 5.41) is 2.58. The summed E-state index contributed by atoms with van der Waals surface area (Å²) in [4.78, 5) is 0. The summed E-state index contributed by atoms with van der Waals surface area (Å²) in [7, 11) is 0. The van der Waals surface area contributed by atoms with Crippen LogP contribution < -0.4 is 5.73 Å². The van der Waals surface area contributed by atoms with Gasteiger partial charge in [0.2, 0.25) is 0 Å². The highest BCUT2D eigenvalue weighted by molar-refractivity contribution is 7.99. The first-order valence-corrected chi connectivity index (χ1v) is 8.29. The molecular weight excluding hydrogens is 250 g/mol. The van der Waals surface area contributed by atoms with Gasteiger partial charge in [-0.1, -0.05) is 62.2 Å². The summed E-state index contributed by atoms with van der Waals surface area (Å²) < 4.78 is 0. The summed E-state index contributed by atoms with van der Waals surface area (Å²) >= 11 is 1.98. The second-order valence-corrected chi connectivity index (χ2v) is 6.11. The molecule has 0 aliphatic carbocycles. The molecule has 2 heteroatoms. The molecule has 0 spiro atoms. The number of hydrogen-bond donors (Lipinski definition) is 1. The predicted molar refractivity (Wildman–Crippen MR) is 87.7 cm³/mol. The van der Waals surface area contributed by atoms with E-state index in [0.717, 1.165) is 5.75 Å². The molecule has 2 N–H and O–H groups in total. The maximum absolute atomic E-state index is 6.35. The van der Waals surface area contributed by atoms with Gasteiger partial charge in [0.1, 0.15) is 0 Å². The Labute approximate surface area is 120 Å². The maximum atomic E-state index is 6.35. The molecule has 19 heavy (non-hydrogen) atoms. The van der Waals surface area contributed by atoms with Crippen LogP contribution in [-0.4, -0.2) is 11.5 Å². The summed E-state index contributed by atoms with van der Waals surface area (Å²) in [6.07, 6.45) is 3.93.